The highest BCUT2D eigenvalue weighted by Gasteiger charge is 2.17. The molecule has 0 radical (unpaired) electrons. The molecule has 0 aliphatic rings. The summed E-state index contributed by atoms with van der Waals surface area (Å²) < 4.78 is 24.0. The molecule has 0 saturated heterocycles. The molecule has 2 rings (SSSR count). The summed E-state index contributed by atoms with van der Waals surface area (Å²) in [6.07, 6.45) is 0. The van der Waals surface area contributed by atoms with Crippen molar-refractivity contribution in [1.29, 1.82) is 0 Å². The van der Waals surface area contributed by atoms with Gasteiger partial charge < -0.3 is 14.8 Å². The van der Waals surface area contributed by atoms with Crippen molar-refractivity contribution in [1.82, 2.24) is 5.32 Å². The van der Waals surface area contributed by atoms with Crippen molar-refractivity contribution in [3.05, 3.63) is 45.9 Å². The topological polar surface area (TPSA) is 30.5 Å². The van der Waals surface area contributed by atoms with Crippen molar-refractivity contribution in [3.63, 3.8) is 0 Å². The molecule has 1 aromatic carbocycles. The average molecular weight is 295 g/mol. The fraction of sp³-hybridized carbons (Fsp3) is 0.333. The van der Waals surface area contributed by atoms with E-state index in [9.17, 15) is 4.39 Å². The smallest absolute Gasteiger partial charge is 0.165 e. The first-order chi connectivity index (χ1) is 9.69. The summed E-state index contributed by atoms with van der Waals surface area (Å²) in [5.74, 6) is 0.728. The normalized spacial score (nSPS) is 12.2. The van der Waals surface area contributed by atoms with Gasteiger partial charge in [-0.3, -0.25) is 0 Å². The second-order valence-corrected chi connectivity index (χ2v) is 5.22. The first-order valence-electron chi connectivity index (χ1n) is 6.38. The molecule has 1 aromatic heterocycles. The first kappa shape index (κ1) is 14.8. The highest BCUT2D eigenvalue weighted by Crippen LogP contribution is 2.32. The minimum absolute atomic E-state index is 0.0469. The summed E-state index contributed by atoms with van der Waals surface area (Å²) in [6.45, 7) is 2.82. The predicted molar refractivity (Wildman–Crippen MR) is 79.3 cm³/mol. The number of methoxy groups -OCH3 is 2. The van der Waals surface area contributed by atoms with Crippen LogP contribution in [0.5, 0.6) is 11.5 Å². The van der Waals surface area contributed by atoms with E-state index in [1.165, 1.54) is 13.2 Å². The Morgan fingerprint density at radius 1 is 1.25 bits per heavy atom. The molecule has 1 heterocycles. The quantitative estimate of drug-likeness (QED) is 0.883. The molecule has 0 spiro atoms. The third-order valence-electron chi connectivity index (χ3n) is 3.03. The zero-order valence-electron chi connectivity index (χ0n) is 11.8. The minimum atomic E-state index is -0.351. The second-order valence-electron chi connectivity index (χ2n) is 4.27. The molecule has 20 heavy (non-hydrogen) atoms. The van der Waals surface area contributed by atoms with E-state index in [0.29, 0.717) is 0 Å². The molecule has 3 nitrogen and oxygen atoms in total. The number of benzene rings is 1. The lowest BCUT2D eigenvalue weighted by molar-refractivity contribution is 0.385. The molecule has 1 unspecified atom stereocenters. The van der Waals surface area contributed by atoms with Crippen LogP contribution in [0.1, 0.15) is 23.4 Å². The van der Waals surface area contributed by atoms with Gasteiger partial charge in [-0.15, -0.1) is 11.3 Å². The molecule has 1 N–H and O–H groups in total. The van der Waals surface area contributed by atoms with Crippen molar-refractivity contribution in [3.8, 4) is 11.5 Å². The number of thiophene rings is 1. The average Bonchev–Trinajstić information content (AvgIpc) is 2.93. The Labute approximate surface area is 122 Å². The Bertz CT molecular complexity index is 571. The minimum Gasteiger partial charge on any atom is -0.496 e. The summed E-state index contributed by atoms with van der Waals surface area (Å²) in [5, 5.41) is 5.31. The SMILES string of the molecule is CCNC(c1ccc(OC)c(F)c1)c1cc(OC)cs1. The number of hydrogen-bond donors (Lipinski definition) is 1. The van der Waals surface area contributed by atoms with Gasteiger partial charge in [0.2, 0.25) is 0 Å². The molecule has 0 aliphatic heterocycles. The maximum Gasteiger partial charge on any atom is 0.165 e. The van der Waals surface area contributed by atoms with Gasteiger partial charge in [0.05, 0.1) is 20.3 Å². The summed E-state index contributed by atoms with van der Waals surface area (Å²) in [5.41, 5.74) is 0.870. The van der Waals surface area contributed by atoms with Crippen LogP contribution < -0.4 is 14.8 Å². The fourth-order valence-corrected chi connectivity index (χ4v) is 3.00. The lowest BCUT2D eigenvalue weighted by atomic mass is 10.0. The van der Waals surface area contributed by atoms with E-state index < -0.39 is 0 Å². The molecule has 0 saturated carbocycles. The van der Waals surface area contributed by atoms with Crippen LogP contribution in [0.25, 0.3) is 0 Å². The number of nitrogens with one attached hydrogen (secondary N) is 1. The third-order valence-corrected chi connectivity index (χ3v) is 4.01. The van der Waals surface area contributed by atoms with Gasteiger partial charge in [-0.05, 0) is 30.3 Å². The fourth-order valence-electron chi connectivity index (χ4n) is 2.04. The molecular weight excluding hydrogens is 277 g/mol. The van der Waals surface area contributed by atoms with E-state index in [0.717, 1.165) is 22.7 Å². The van der Waals surface area contributed by atoms with Crippen LogP contribution >= 0.6 is 11.3 Å². The van der Waals surface area contributed by atoms with Gasteiger partial charge in [-0.1, -0.05) is 13.0 Å². The molecule has 0 bridgehead atoms. The summed E-state index contributed by atoms with van der Waals surface area (Å²) in [6, 6.07) is 6.97. The van der Waals surface area contributed by atoms with E-state index >= 15 is 0 Å². The molecule has 5 heteroatoms. The van der Waals surface area contributed by atoms with Crippen molar-refractivity contribution >= 4 is 11.3 Å². The maximum atomic E-state index is 13.9. The van der Waals surface area contributed by atoms with Gasteiger partial charge in [0.1, 0.15) is 5.75 Å². The molecular formula is C15H18FNO2S. The molecule has 0 fully saturated rings. The molecule has 1 atom stereocenters. The van der Waals surface area contributed by atoms with Crippen LogP contribution in [0.3, 0.4) is 0 Å². The Morgan fingerprint density at radius 3 is 2.60 bits per heavy atom. The summed E-state index contributed by atoms with van der Waals surface area (Å²) in [4.78, 5) is 1.09. The van der Waals surface area contributed by atoms with Crippen molar-refractivity contribution in [2.75, 3.05) is 20.8 Å². The number of halogens is 1. The largest absolute Gasteiger partial charge is 0.496 e. The lowest BCUT2D eigenvalue weighted by Gasteiger charge is -2.17. The molecule has 2 aromatic rings. The highest BCUT2D eigenvalue weighted by molar-refractivity contribution is 7.10. The Hall–Kier alpha value is -1.59. The van der Waals surface area contributed by atoms with E-state index in [2.05, 4.69) is 5.32 Å². The number of rotatable bonds is 6. The first-order valence-corrected chi connectivity index (χ1v) is 7.26. The zero-order valence-corrected chi connectivity index (χ0v) is 12.6. The summed E-state index contributed by atoms with van der Waals surface area (Å²) in [7, 11) is 3.10. The van der Waals surface area contributed by atoms with Gasteiger partial charge >= 0.3 is 0 Å². The maximum absolute atomic E-state index is 13.9. The summed E-state index contributed by atoms with van der Waals surface area (Å²) >= 11 is 1.59. The van der Waals surface area contributed by atoms with Gasteiger partial charge in [-0.2, -0.15) is 0 Å². The lowest BCUT2D eigenvalue weighted by Crippen LogP contribution is -2.21. The Kier molecular flexibility index (Phi) is 4.98. The van der Waals surface area contributed by atoms with Gasteiger partial charge in [0, 0.05) is 10.3 Å². The third kappa shape index (κ3) is 3.11. The van der Waals surface area contributed by atoms with E-state index in [1.54, 1.807) is 24.5 Å². The van der Waals surface area contributed by atoms with Crippen molar-refractivity contribution in [2.45, 2.75) is 13.0 Å². The van der Waals surface area contributed by atoms with Crippen LogP contribution in [-0.4, -0.2) is 20.8 Å². The monoisotopic (exact) mass is 295 g/mol. The van der Waals surface area contributed by atoms with Gasteiger partial charge in [0.15, 0.2) is 11.6 Å². The molecule has 0 amide bonds. The zero-order chi connectivity index (χ0) is 14.5. The predicted octanol–water partition coefficient (Wildman–Crippen LogP) is 3.60. The Balaban J connectivity index is 2.34. The standard InChI is InChI=1S/C15H18FNO2S/c1-4-17-15(14-8-11(18-2)9-20-14)10-5-6-13(19-3)12(16)7-10/h5-9,15,17H,4H2,1-3H3. The van der Waals surface area contributed by atoms with E-state index in [4.69, 9.17) is 9.47 Å². The highest BCUT2D eigenvalue weighted by atomic mass is 32.1. The number of hydrogen-bond acceptors (Lipinski definition) is 4. The van der Waals surface area contributed by atoms with Crippen LogP contribution in [0.4, 0.5) is 4.39 Å². The van der Waals surface area contributed by atoms with Crippen LogP contribution in [0.2, 0.25) is 0 Å². The van der Waals surface area contributed by atoms with Crippen LogP contribution in [0.15, 0.2) is 29.6 Å². The van der Waals surface area contributed by atoms with Crippen LogP contribution in [-0.2, 0) is 0 Å². The molecule has 108 valence electrons. The van der Waals surface area contributed by atoms with Gasteiger partial charge in [0.25, 0.3) is 0 Å². The second kappa shape index (κ2) is 6.72. The van der Waals surface area contributed by atoms with Crippen LogP contribution in [0, 0.1) is 5.82 Å². The Morgan fingerprint density at radius 2 is 2.05 bits per heavy atom. The molecule has 0 aliphatic carbocycles. The van der Waals surface area contributed by atoms with E-state index in [1.807, 2.05) is 24.4 Å². The van der Waals surface area contributed by atoms with Crippen molar-refractivity contribution < 1.29 is 13.9 Å². The van der Waals surface area contributed by atoms with Crippen molar-refractivity contribution in [2.24, 2.45) is 0 Å². The number of ether oxygens (including phenoxy) is 2. The van der Waals surface area contributed by atoms with Gasteiger partial charge in [-0.25, -0.2) is 4.39 Å². The van der Waals surface area contributed by atoms with E-state index in [-0.39, 0.29) is 17.6 Å².